The summed E-state index contributed by atoms with van der Waals surface area (Å²) < 4.78 is 8.96. The van der Waals surface area contributed by atoms with Gasteiger partial charge in [0.05, 0.1) is 18.6 Å². The summed E-state index contributed by atoms with van der Waals surface area (Å²) in [5, 5.41) is 0. The van der Waals surface area contributed by atoms with Crippen molar-refractivity contribution in [2.75, 3.05) is 7.11 Å². The monoisotopic (exact) mass is 308 g/mol. The predicted octanol–water partition coefficient (Wildman–Crippen LogP) is 2.68. The molecule has 0 aromatic heterocycles. The largest absolute Gasteiger partial charge is 0.468 e. The van der Waals surface area contributed by atoms with Gasteiger partial charge in [-0.3, -0.25) is 9.59 Å². The van der Waals surface area contributed by atoms with Crippen LogP contribution in [0.2, 0.25) is 0 Å². The van der Waals surface area contributed by atoms with Crippen molar-refractivity contribution in [2.24, 2.45) is 5.41 Å². The minimum absolute atomic E-state index is 0.165. The number of halogens is 1. The molecule has 0 fully saturated rings. The molecule has 0 aromatic rings. The zero-order valence-electron chi connectivity index (χ0n) is 11.3. The molecule has 0 aromatic carbocycles. The van der Waals surface area contributed by atoms with Gasteiger partial charge in [0.25, 0.3) is 0 Å². The van der Waals surface area contributed by atoms with Gasteiger partial charge in [0, 0.05) is 0 Å². The third-order valence-corrected chi connectivity index (χ3v) is 2.88. The van der Waals surface area contributed by atoms with Gasteiger partial charge in [0.15, 0.2) is 0 Å². The van der Waals surface area contributed by atoms with Gasteiger partial charge in [-0.2, -0.15) is 0 Å². The zero-order valence-corrected chi connectivity index (χ0v) is 12.9. The molecule has 0 spiro atoms. The first-order valence-electron chi connectivity index (χ1n) is 5.51. The molecule has 0 amide bonds. The number of carbonyl (C=O) groups is 2. The van der Waals surface area contributed by atoms with Gasteiger partial charge >= 0.3 is 11.9 Å². The Labute approximate surface area is 111 Å². The predicted molar refractivity (Wildman–Crippen MR) is 69.0 cm³/mol. The highest BCUT2D eigenvalue weighted by Gasteiger charge is 2.42. The molecule has 0 rings (SSSR count). The van der Waals surface area contributed by atoms with Gasteiger partial charge in [-0.05, 0) is 41.0 Å². The van der Waals surface area contributed by atoms with Crippen LogP contribution in [0.25, 0.3) is 0 Å². The number of methoxy groups -OCH3 is 1. The maximum absolute atomic E-state index is 11.9. The molecular formula is C12H21BrO4. The van der Waals surface area contributed by atoms with Crippen LogP contribution in [0.5, 0.6) is 0 Å². The molecule has 1 atom stereocenters. The highest BCUT2D eigenvalue weighted by Crippen LogP contribution is 2.35. The van der Waals surface area contributed by atoms with Crippen molar-refractivity contribution >= 4 is 27.9 Å². The molecular weight excluding hydrogens is 288 g/mol. The van der Waals surface area contributed by atoms with Crippen LogP contribution in [0.4, 0.5) is 0 Å². The van der Waals surface area contributed by atoms with Gasteiger partial charge in [-0.25, -0.2) is 0 Å². The summed E-state index contributed by atoms with van der Waals surface area (Å²) in [5.74, 6) is -0.718. The summed E-state index contributed by atoms with van der Waals surface area (Å²) in [6.45, 7) is 8.77. The quantitative estimate of drug-likeness (QED) is 0.579. The van der Waals surface area contributed by atoms with Gasteiger partial charge in [-0.1, -0.05) is 15.9 Å². The minimum Gasteiger partial charge on any atom is -0.468 e. The molecule has 100 valence electrons. The molecule has 0 saturated heterocycles. The number of alkyl halides is 1. The SMILES string of the molecule is COC(=O)C(C)(Br)CC(C)(C)C(=O)OC(C)C. The van der Waals surface area contributed by atoms with E-state index < -0.39 is 15.7 Å². The maximum Gasteiger partial charge on any atom is 0.322 e. The van der Waals surface area contributed by atoms with Crippen LogP contribution in [0.15, 0.2) is 0 Å². The van der Waals surface area contributed by atoms with Crippen LogP contribution in [0, 0.1) is 5.41 Å². The average molecular weight is 309 g/mol. The van der Waals surface area contributed by atoms with Crippen molar-refractivity contribution in [1.82, 2.24) is 0 Å². The number of rotatable bonds is 5. The summed E-state index contributed by atoms with van der Waals surface area (Å²) in [6, 6.07) is 0. The van der Waals surface area contributed by atoms with E-state index in [1.54, 1.807) is 34.6 Å². The van der Waals surface area contributed by atoms with Crippen LogP contribution < -0.4 is 0 Å². The van der Waals surface area contributed by atoms with Crippen molar-refractivity contribution in [2.45, 2.75) is 51.5 Å². The molecule has 5 heteroatoms. The molecule has 17 heavy (non-hydrogen) atoms. The highest BCUT2D eigenvalue weighted by molar-refractivity contribution is 9.10. The fourth-order valence-corrected chi connectivity index (χ4v) is 2.42. The fourth-order valence-electron chi connectivity index (χ4n) is 1.56. The number of esters is 2. The third-order valence-electron chi connectivity index (χ3n) is 2.28. The summed E-state index contributed by atoms with van der Waals surface area (Å²) in [7, 11) is 1.32. The van der Waals surface area contributed by atoms with Crippen LogP contribution in [-0.2, 0) is 19.1 Å². The smallest absolute Gasteiger partial charge is 0.322 e. The number of carbonyl (C=O) groups excluding carboxylic acids is 2. The molecule has 0 radical (unpaired) electrons. The Hall–Kier alpha value is -0.580. The van der Waals surface area contributed by atoms with Crippen LogP contribution in [0.3, 0.4) is 0 Å². The van der Waals surface area contributed by atoms with E-state index in [-0.39, 0.29) is 12.1 Å². The molecule has 0 bridgehead atoms. The van der Waals surface area contributed by atoms with Gasteiger partial charge < -0.3 is 9.47 Å². The fraction of sp³-hybridized carbons (Fsp3) is 0.833. The van der Waals surface area contributed by atoms with Gasteiger partial charge in [0.1, 0.15) is 4.32 Å². The minimum atomic E-state index is -0.888. The lowest BCUT2D eigenvalue weighted by Crippen LogP contribution is -2.39. The number of ether oxygens (including phenoxy) is 2. The number of hydrogen-bond acceptors (Lipinski definition) is 4. The molecule has 0 saturated carbocycles. The van der Waals surface area contributed by atoms with E-state index in [2.05, 4.69) is 20.7 Å². The van der Waals surface area contributed by atoms with Crippen LogP contribution in [0.1, 0.15) is 41.0 Å². The van der Waals surface area contributed by atoms with Crippen molar-refractivity contribution in [1.29, 1.82) is 0 Å². The topological polar surface area (TPSA) is 52.6 Å². The van der Waals surface area contributed by atoms with Crippen LogP contribution >= 0.6 is 15.9 Å². The molecule has 0 aliphatic rings. The Kier molecular flexibility index (Phi) is 5.65. The molecule has 1 unspecified atom stereocenters. The number of hydrogen-bond donors (Lipinski definition) is 0. The Morgan fingerprint density at radius 2 is 1.65 bits per heavy atom. The van der Waals surface area contributed by atoms with Crippen molar-refractivity contribution in [3.8, 4) is 0 Å². The Bertz CT molecular complexity index is 295. The average Bonchev–Trinajstić information content (AvgIpc) is 2.13. The van der Waals surface area contributed by atoms with Crippen LogP contribution in [-0.4, -0.2) is 29.5 Å². The molecule has 0 heterocycles. The Morgan fingerprint density at radius 3 is 2.00 bits per heavy atom. The summed E-state index contributed by atoms with van der Waals surface area (Å²) in [4.78, 5) is 23.4. The molecule has 0 N–H and O–H groups in total. The molecule has 4 nitrogen and oxygen atoms in total. The Morgan fingerprint density at radius 1 is 1.18 bits per heavy atom. The second-order valence-corrected chi connectivity index (χ2v) is 6.95. The molecule has 0 aliphatic carbocycles. The summed E-state index contributed by atoms with van der Waals surface area (Å²) >= 11 is 3.30. The van der Waals surface area contributed by atoms with E-state index in [0.29, 0.717) is 6.42 Å². The van der Waals surface area contributed by atoms with Gasteiger partial charge in [-0.15, -0.1) is 0 Å². The lowest BCUT2D eigenvalue weighted by Gasteiger charge is -2.30. The van der Waals surface area contributed by atoms with E-state index in [0.717, 1.165) is 0 Å². The van der Waals surface area contributed by atoms with E-state index >= 15 is 0 Å². The first kappa shape index (κ1) is 16.4. The molecule has 0 aliphatic heterocycles. The Balaban J connectivity index is 4.74. The van der Waals surface area contributed by atoms with E-state index in [4.69, 9.17) is 4.74 Å². The van der Waals surface area contributed by atoms with E-state index in [1.165, 1.54) is 7.11 Å². The lowest BCUT2D eigenvalue weighted by molar-refractivity contribution is -0.159. The van der Waals surface area contributed by atoms with E-state index in [9.17, 15) is 9.59 Å². The van der Waals surface area contributed by atoms with Gasteiger partial charge in [0.2, 0.25) is 0 Å². The second kappa shape index (κ2) is 5.85. The third kappa shape index (κ3) is 5.06. The van der Waals surface area contributed by atoms with E-state index in [1.807, 2.05) is 0 Å². The summed E-state index contributed by atoms with van der Waals surface area (Å²) in [5.41, 5.74) is -0.753. The second-order valence-electron chi connectivity index (χ2n) is 5.20. The zero-order chi connectivity index (χ0) is 13.9. The van der Waals surface area contributed by atoms with Crippen molar-refractivity contribution in [3.05, 3.63) is 0 Å². The summed E-state index contributed by atoms with van der Waals surface area (Å²) in [6.07, 6.45) is 0.139. The van der Waals surface area contributed by atoms with Crippen molar-refractivity contribution < 1.29 is 19.1 Å². The first-order chi connectivity index (χ1) is 7.53. The normalized spacial score (nSPS) is 15.3. The lowest BCUT2D eigenvalue weighted by atomic mass is 9.83. The first-order valence-corrected chi connectivity index (χ1v) is 6.30. The maximum atomic E-state index is 11.9. The standard InChI is InChI=1S/C12H21BrO4/c1-8(2)17-9(14)11(3,4)7-12(5,13)10(15)16-6/h8H,7H2,1-6H3. The van der Waals surface area contributed by atoms with Crippen molar-refractivity contribution in [3.63, 3.8) is 0 Å². The highest BCUT2D eigenvalue weighted by atomic mass is 79.9.